The Morgan fingerprint density at radius 2 is 1.62 bits per heavy atom. The van der Waals surface area contributed by atoms with Crippen molar-refractivity contribution < 1.29 is 5.11 Å². The van der Waals surface area contributed by atoms with Gasteiger partial charge in [-0.25, -0.2) is 0 Å². The number of rotatable bonds is 3. The van der Waals surface area contributed by atoms with Crippen LogP contribution in [0.2, 0.25) is 0 Å². The zero-order chi connectivity index (χ0) is 9.15. The van der Waals surface area contributed by atoms with Crippen molar-refractivity contribution in [2.24, 2.45) is 5.92 Å². The standard InChI is InChI=1S/C12H22O/c13-12(8-3-4-9-12)10-7-11-5-1-2-6-11/h11,13H,1-10H2. The second-order valence-electron chi connectivity index (χ2n) is 5.12. The second-order valence-corrected chi connectivity index (χ2v) is 5.12. The molecule has 1 nitrogen and oxygen atoms in total. The highest BCUT2D eigenvalue weighted by molar-refractivity contribution is 4.85. The van der Waals surface area contributed by atoms with Crippen LogP contribution in [0.5, 0.6) is 0 Å². The molecular formula is C12H22O. The molecule has 1 N–H and O–H groups in total. The predicted molar refractivity (Wildman–Crippen MR) is 54.6 cm³/mol. The molecule has 2 aliphatic carbocycles. The summed E-state index contributed by atoms with van der Waals surface area (Å²) in [5.74, 6) is 0.949. The Kier molecular flexibility index (Phi) is 2.92. The van der Waals surface area contributed by atoms with Gasteiger partial charge in [-0.2, -0.15) is 0 Å². The van der Waals surface area contributed by atoms with Crippen LogP contribution in [0, 0.1) is 5.92 Å². The van der Waals surface area contributed by atoms with Gasteiger partial charge in [-0.05, 0) is 31.6 Å². The van der Waals surface area contributed by atoms with Crippen LogP contribution < -0.4 is 0 Å². The Morgan fingerprint density at radius 3 is 2.23 bits per heavy atom. The first-order chi connectivity index (χ1) is 6.29. The largest absolute Gasteiger partial charge is 0.390 e. The van der Waals surface area contributed by atoms with Gasteiger partial charge in [-0.3, -0.25) is 0 Å². The summed E-state index contributed by atoms with van der Waals surface area (Å²) < 4.78 is 0. The molecule has 2 fully saturated rings. The van der Waals surface area contributed by atoms with E-state index >= 15 is 0 Å². The Labute approximate surface area is 81.5 Å². The first-order valence-corrected chi connectivity index (χ1v) is 6.01. The molecule has 0 aromatic rings. The molecular weight excluding hydrogens is 160 g/mol. The number of hydrogen-bond acceptors (Lipinski definition) is 1. The first kappa shape index (κ1) is 9.51. The Morgan fingerprint density at radius 1 is 1.00 bits per heavy atom. The molecule has 2 saturated carbocycles. The molecule has 0 aromatic heterocycles. The van der Waals surface area contributed by atoms with Crippen LogP contribution >= 0.6 is 0 Å². The van der Waals surface area contributed by atoms with Crippen LogP contribution in [-0.4, -0.2) is 10.7 Å². The van der Waals surface area contributed by atoms with Crippen molar-refractivity contribution in [1.82, 2.24) is 0 Å². The van der Waals surface area contributed by atoms with E-state index in [9.17, 15) is 5.11 Å². The van der Waals surface area contributed by atoms with Gasteiger partial charge in [0.15, 0.2) is 0 Å². The van der Waals surface area contributed by atoms with Crippen LogP contribution in [0.3, 0.4) is 0 Å². The van der Waals surface area contributed by atoms with Gasteiger partial charge in [-0.15, -0.1) is 0 Å². The van der Waals surface area contributed by atoms with Crippen molar-refractivity contribution in [2.75, 3.05) is 0 Å². The molecule has 76 valence electrons. The Hall–Kier alpha value is -0.0400. The molecule has 2 rings (SSSR count). The summed E-state index contributed by atoms with van der Waals surface area (Å²) in [6.07, 6.45) is 12.7. The van der Waals surface area contributed by atoms with Crippen molar-refractivity contribution in [3.05, 3.63) is 0 Å². The smallest absolute Gasteiger partial charge is 0.0648 e. The number of aliphatic hydroxyl groups is 1. The second kappa shape index (κ2) is 4.00. The fourth-order valence-electron chi connectivity index (χ4n) is 3.05. The first-order valence-electron chi connectivity index (χ1n) is 6.01. The van der Waals surface area contributed by atoms with E-state index in [0.29, 0.717) is 0 Å². The fraction of sp³-hybridized carbons (Fsp3) is 1.00. The SMILES string of the molecule is OC1(CCC2CCCC2)CCCC1. The normalized spacial score (nSPS) is 28.4. The lowest BCUT2D eigenvalue weighted by molar-refractivity contribution is 0.0325. The molecule has 0 heterocycles. The highest BCUT2D eigenvalue weighted by Gasteiger charge is 2.31. The molecule has 0 aromatic carbocycles. The summed E-state index contributed by atoms with van der Waals surface area (Å²) in [4.78, 5) is 0. The molecule has 2 aliphatic rings. The van der Waals surface area contributed by atoms with Gasteiger partial charge < -0.3 is 5.11 Å². The zero-order valence-corrected chi connectivity index (χ0v) is 8.60. The van der Waals surface area contributed by atoms with E-state index in [1.807, 2.05) is 0 Å². The van der Waals surface area contributed by atoms with Gasteiger partial charge >= 0.3 is 0 Å². The molecule has 0 amide bonds. The van der Waals surface area contributed by atoms with E-state index in [0.717, 1.165) is 25.2 Å². The molecule has 0 aliphatic heterocycles. The average molecular weight is 182 g/mol. The van der Waals surface area contributed by atoms with Crippen molar-refractivity contribution in [1.29, 1.82) is 0 Å². The van der Waals surface area contributed by atoms with Crippen LogP contribution in [0.25, 0.3) is 0 Å². The van der Waals surface area contributed by atoms with Gasteiger partial charge in [0.1, 0.15) is 0 Å². The monoisotopic (exact) mass is 182 g/mol. The molecule has 0 radical (unpaired) electrons. The summed E-state index contributed by atoms with van der Waals surface area (Å²) in [6, 6.07) is 0. The van der Waals surface area contributed by atoms with Gasteiger partial charge in [0.25, 0.3) is 0 Å². The van der Waals surface area contributed by atoms with Gasteiger partial charge in [0.2, 0.25) is 0 Å². The van der Waals surface area contributed by atoms with Crippen molar-refractivity contribution in [2.45, 2.75) is 69.8 Å². The third-order valence-electron chi connectivity index (χ3n) is 4.03. The minimum atomic E-state index is -0.247. The van der Waals surface area contributed by atoms with E-state index in [2.05, 4.69) is 0 Å². The lowest BCUT2D eigenvalue weighted by Gasteiger charge is -2.23. The maximum absolute atomic E-state index is 10.2. The summed E-state index contributed by atoms with van der Waals surface area (Å²) in [5.41, 5.74) is -0.247. The predicted octanol–water partition coefficient (Wildman–Crippen LogP) is 3.26. The Balaban J connectivity index is 1.71. The molecule has 13 heavy (non-hydrogen) atoms. The minimum absolute atomic E-state index is 0.247. The molecule has 1 heteroatoms. The maximum atomic E-state index is 10.2. The molecule has 0 spiro atoms. The van der Waals surface area contributed by atoms with Gasteiger partial charge in [0, 0.05) is 0 Å². The lowest BCUT2D eigenvalue weighted by atomic mass is 9.90. The molecule has 0 atom stereocenters. The van der Waals surface area contributed by atoms with Gasteiger partial charge in [-0.1, -0.05) is 38.5 Å². The summed E-state index contributed by atoms with van der Waals surface area (Å²) in [5, 5.41) is 10.2. The van der Waals surface area contributed by atoms with Gasteiger partial charge in [0.05, 0.1) is 5.60 Å². The zero-order valence-electron chi connectivity index (χ0n) is 8.60. The van der Waals surface area contributed by atoms with E-state index in [1.54, 1.807) is 0 Å². The maximum Gasteiger partial charge on any atom is 0.0648 e. The number of hydrogen-bond donors (Lipinski definition) is 1. The quantitative estimate of drug-likeness (QED) is 0.710. The highest BCUT2D eigenvalue weighted by Crippen LogP contribution is 2.37. The van der Waals surface area contributed by atoms with Crippen LogP contribution in [0.1, 0.15) is 64.2 Å². The summed E-state index contributed by atoms with van der Waals surface area (Å²) in [6.45, 7) is 0. The highest BCUT2D eigenvalue weighted by atomic mass is 16.3. The van der Waals surface area contributed by atoms with Crippen LogP contribution in [0.15, 0.2) is 0 Å². The third-order valence-corrected chi connectivity index (χ3v) is 4.03. The van der Waals surface area contributed by atoms with Crippen LogP contribution in [0.4, 0.5) is 0 Å². The van der Waals surface area contributed by atoms with Crippen LogP contribution in [-0.2, 0) is 0 Å². The van der Waals surface area contributed by atoms with Crippen molar-refractivity contribution in [3.8, 4) is 0 Å². The fourth-order valence-corrected chi connectivity index (χ4v) is 3.05. The van der Waals surface area contributed by atoms with E-state index in [-0.39, 0.29) is 5.60 Å². The summed E-state index contributed by atoms with van der Waals surface area (Å²) >= 11 is 0. The van der Waals surface area contributed by atoms with Crippen molar-refractivity contribution >= 4 is 0 Å². The third kappa shape index (κ3) is 2.46. The Bertz CT molecular complexity index is 153. The van der Waals surface area contributed by atoms with E-state index < -0.39 is 0 Å². The van der Waals surface area contributed by atoms with Crippen molar-refractivity contribution in [3.63, 3.8) is 0 Å². The topological polar surface area (TPSA) is 20.2 Å². The average Bonchev–Trinajstić information content (AvgIpc) is 2.72. The minimum Gasteiger partial charge on any atom is -0.390 e. The molecule has 0 bridgehead atoms. The molecule has 0 unspecified atom stereocenters. The van der Waals surface area contributed by atoms with E-state index in [1.165, 1.54) is 44.9 Å². The lowest BCUT2D eigenvalue weighted by Crippen LogP contribution is -2.24. The van der Waals surface area contributed by atoms with E-state index in [4.69, 9.17) is 0 Å². The molecule has 0 saturated heterocycles. The summed E-state index contributed by atoms with van der Waals surface area (Å²) in [7, 11) is 0.